The Labute approximate surface area is 246 Å². The van der Waals surface area contributed by atoms with Crippen molar-refractivity contribution in [2.24, 2.45) is 0 Å². The highest BCUT2D eigenvalue weighted by Crippen LogP contribution is 2.52. The fourth-order valence-electron chi connectivity index (χ4n) is 5.89. The molecule has 1 saturated heterocycles. The largest absolute Gasteiger partial charge is 0.507 e. The van der Waals surface area contributed by atoms with Gasteiger partial charge in [-0.1, -0.05) is 12.1 Å². The minimum Gasteiger partial charge on any atom is -0.507 e. The van der Waals surface area contributed by atoms with Gasteiger partial charge < -0.3 is 34.8 Å². The van der Waals surface area contributed by atoms with Crippen molar-refractivity contribution in [2.45, 2.75) is 69.4 Å². The van der Waals surface area contributed by atoms with E-state index in [1.54, 1.807) is 5.32 Å². The van der Waals surface area contributed by atoms with E-state index in [0.717, 1.165) is 6.92 Å². The van der Waals surface area contributed by atoms with Crippen LogP contribution in [0, 0.1) is 0 Å². The number of phenols is 2. The maximum absolute atomic E-state index is 13.7. The molecule has 0 spiro atoms. The first-order valence-electron chi connectivity index (χ1n) is 13.3. The number of carbonyl (C=O) groups excluding carboxylic acids is 5. The van der Waals surface area contributed by atoms with Crippen LogP contribution >= 0.6 is 0 Å². The minimum atomic E-state index is -5.29. The van der Waals surface area contributed by atoms with E-state index < -0.39 is 107 Å². The molecule has 2 aromatic carbocycles. The molecule has 0 bridgehead atoms. The lowest BCUT2D eigenvalue weighted by Crippen LogP contribution is -2.55. The number of hydrogen-bond donors (Lipinski definition) is 4. The molecule has 5 atom stereocenters. The molecule has 44 heavy (non-hydrogen) atoms. The number of phenolic OH excluding ortho intramolecular Hbond substituents is 2. The number of benzene rings is 2. The molecule has 1 heterocycles. The van der Waals surface area contributed by atoms with Crippen molar-refractivity contribution in [3.8, 4) is 17.2 Å². The highest BCUT2D eigenvalue weighted by molar-refractivity contribution is 6.31. The van der Waals surface area contributed by atoms with Gasteiger partial charge in [0.15, 0.2) is 23.6 Å². The summed E-state index contributed by atoms with van der Waals surface area (Å²) >= 11 is 0. The number of ketones is 4. The number of fused-ring (bicyclic) bond motifs is 3. The molecular weight excluding hydrogens is 595 g/mol. The fourth-order valence-corrected chi connectivity index (χ4v) is 5.89. The van der Waals surface area contributed by atoms with Gasteiger partial charge in [0, 0.05) is 36.0 Å². The van der Waals surface area contributed by atoms with Crippen LogP contribution in [0.4, 0.5) is 13.2 Å². The van der Waals surface area contributed by atoms with E-state index in [1.807, 2.05) is 0 Å². The van der Waals surface area contributed by atoms with Crippen molar-refractivity contribution < 1.29 is 66.7 Å². The predicted molar refractivity (Wildman–Crippen MR) is 139 cm³/mol. The lowest BCUT2D eigenvalue weighted by molar-refractivity contribution is -0.224. The second kappa shape index (κ2) is 10.7. The van der Waals surface area contributed by atoms with Crippen LogP contribution in [0.1, 0.15) is 75.8 Å². The van der Waals surface area contributed by atoms with Gasteiger partial charge in [0.1, 0.15) is 29.0 Å². The summed E-state index contributed by atoms with van der Waals surface area (Å²) in [4.78, 5) is 63.8. The fraction of sp³-hybridized carbons (Fsp3) is 0.414. The predicted octanol–water partition coefficient (Wildman–Crippen LogP) is 1.96. The SMILES string of the molecule is COc1cccc2c1C(=O)c1c(O)c3c(c(O)c1C2=O)C[C@@](O)(C(C)=O)C[C@@H]3O[C@H]1C[C@H](NC(=O)C(F)(F)F)C(=O)[C@H](C)O1. The van der Waals surface area contributed by atoms with Gasteiger partial charge in [-0.2, -0.15) is 13.2 Å². The molecule has 2 aromatic rings. The summed E-state index contributed by atoms with van der Waals surface area (Å²) in [5.74, 6) is -7.33. The van der Waals surface area contributed by atoms with E-state index in [0.29, 0.717) is 0 Å². The van der Waals surface area contributed by atoms with E-state index in [9.17, 15) is 52.5 Å². The average Bonchev–Trinajstić information content (AvgIpc) is 2.94. The van der Waals surface area contributed by atoms with Crippen LogP contribution in [0.25, 0.3) is 0 Å². The first-order chi connectivity index (χ1) is 20.5. The molecule has 3 aliphatic rings. The second-order valence-electron chi connectivity index (χ2n) is 10.8. The summed E-state index contributed by atoms with van der Waals surface area (Å²) in [7, 11) is 1.26. The van der Waals surface area contributed by atoms with E-state index in [1.165, 1.54) is 32.2 Å². The Kier molecular flexibility index (Phi) is 7.55. The number of aromatic hydroxyl groups is 2. The number of hydrogen-bond acceptors (Lipinski definition) is 11. The van der Waals surface area contributed by atoms with Crippen LogP contribution in [0.3, 0.4) is 0 Å². The van der Waals surface area contributed by atoms with Gasteiger partial charge in [0.2, 0.25) is 5.78 Å². The third-order valence-electron chi connectivity index (χ3n) is 8.14. The molecule has 1 aliphatic heterocycles. The van der Waals surface area contributed by atoms with Crippen LogP contribution in [0.2, 0.25) is 0 Å². The van der Waals surface area contributed by atoms with Crippen molar-refractivity contribution in [3.63, 3.8) is 0 Å². The number of ether oxygens (including phenoxy) is 3. The Hall–Kier alpha value is -4.34. The number of rotatable bonds is 5. The summed E-state index contributed by atoms with van der Waals surface area (Å²) in [6, 6.07) is 2.49. The second-order valence-corrected chi connectivity index (χ2v) is 10.8. The van der Waals surface area contributed by atoms with Gasteiger partial charge in [0.25, 0.3) is 0 Å². The average molecular weight is 622 g/mol. The Morgan fingerprint density at radius 3 is 2.34 bits per heavy atom. The number of nitrogens with one attached hydrogen (secondary N) is 1. The zero-order chi connectivity index (χ0) is 32.5. The van der Waals surface area contributed by atoms with Crippen LogP contribution in [0.15, 0.2) is 18.2 Å². The molecule has 5 rings (SSSR count). The number of Topliss-reactive ketones (excluding diaryl/α,β-unsaturated/α-hetero) is 2. The maximum atomic E-state index is 13.7. The van der Waals surface area contributed by atoms with Crippen LogP contribution in [-0.4, -0.2) is 81.7 Å². The van der Waals surface area contributed by atoms with Crippen molar-refractivity contribution in [2.75, 3.05) is 7.11 Å². The highest BCUT2D eigenvalue weighted by atomic mass is 19.4. The maximum Gasteiger partial charge on any atom is 0.471 e. The van der Waals surface area contributed by atoms with E-state index >= 15 is 0 Å². The number of halogens is 3. The van der Waals surface area contributed by atoms with Gasteiger partial charge in [-0.3, -0.25) is 24.0 Å². The van der Waals surface area contributed by atoms with Gasteiger partial charge in [-0.05, 0) is 19.9 Å². The molecule has 0 unspecified atom stereocenters. The zero-order valence-corrected chi connectivity index (χ0v) is 23.4. The van der Waals surface area contributed by atoms with Gasteiger partial charge in [-0.15, -0.1) is 0 Å². The molecule has 4 N–H and O–H groups in total. The molecule has 2 aliphatic carbocycles. The molecule has 1 amide bonds. The van der Waals surface area contributed by atoms with Crippen molar-refractivity contribution in [1.29, 1.82) is 0 Å². The molecule has 0 radical (unpaired) electrons. The number of aliphatic hydroxyl groups is 1. The lowest BCUT2D eigenvalue weighted by Gasteiger charge is -2.41. The Bertz CT molecular complexity index is 1640. The first kappa shape index (κ1) is 31.1. The summed E-state index contributed by atoms with van der Waals surface area (Å²) in [5.41, 5.74) is -4.25. The Morgan fingerprint density at radius 1 is 1.07 bits per heavy atom. The first-order valence-corrected chi connectivity index (χ1v) is 13.3. The lowest BCUT2D eigenvalue weighted by atomic mass is 9.72. The Morgan fingerprint density at radius 2 is 1.73 bits per heavy atom. The normalized spacial score (nSPS) is 26.4. The molecule has 0 saturated carbocycles. The quantitative estimate of drug-likeness (QED) is 0.305. The minimum absolute atomic E-state index is 0.0167. The standard InChI is InChI=1S/C29H26F3NO11/c1-10-22(35)14(33-27(40)29(30,31)32)7-17(43-10)44-16-9-28(41,11(2)34)8-13-19(16)26(39)21-20(24(13)37)23(36)12-5-4-6-15(42-3)18(12)25(21)38/h4-6,10,14,16-17,37,39,41H,7-9H2,1-3H3,(H,33,40)/t10-,14-,16-,17-,28-/m0/s1. The summed E-state index contributed by atoms with van der Waals surface area (Å²) in [5, 5.41) is 35.7. The number of amides is 1. The van der Waals surface area contributed by atoms with Gasteiger partial charge in [-0.25, -0.2) is 0 Å². The zero-order valence-electron chi connectivity index (χ0n) is 23.4. The smallest absolute Gasteiger partial charge is 0.471 e. The number of methoxy groups -OCH3 is 1. The monoisotopic (exact) mass is 621 g/mol. The van der Waals surface area contributed by atoms with E-state index in [4.69, 9.17) is 14.2 Å². The number of carbonyl (C=O) groups is 5. The van der Waals surface area contributed by atoms with Crippen molar-refractivity contribution in [3.05, 3.63) is 51.6 Å². The van der Waals surface area contributed by atoms with Crippen LogP contribution in [-0.2, 0) is 30.3 Å². The van der Waals surface area contributed by atoms with E-state index in [2.05, 4.69) is 0 Å². The van der Waals surface area contributed by atoms with E-state index in [-0.39, 0.29) is 28.0 Å². The third kappa shape index (κ3) is 4.90. The topological polar surface area (TPSA) is 186 Å². The Balaban J connectivity index is 1.60. The van der Waals surface area contributed by atoms with Gasteiger partial charge in [0.05, 0.1) is 35.9 Å². The van der Waals surface area contributed by atoms with Gasteiger partial charge >= 0.3 is 12.1 Å². The molecule has 12 nitrogen and oxygen atoms in total. The molecular formula is C29H26F3NO11. The number of alkyl halides is 3. The molecule has 0 aromatic heterocycles. The summed E-state index contributed by atoms with van der Waals surface area (Å²) in [6.45, 7) is 2.26. The highest BCUT2D eigenvalue weighted by Gasteiger charge is 2.50. The summed E-state index contributed by atoms with van der Waals surface area (Å²) < 4.78 is 55.3. The van der Waals surface area contributed by atoms with Crippen LogP contribution < -0.4 is 10.1 Å². The third-order valence-corrected chi connectivity index (χ3v) is 8.14. The molecule has 234 valence electrons. The summed E-state index contributed by atoms with van der Waals surface area (Å²) in [6.07, 6.45) is -11.6. The van der Waals surface area contributed by atoms with Crippen molar-refractivity contribution >= 4 is 29.0 Å². The van der Waals surface area contributed by atoms with Crippen LogP contribution in [0.5, 0.6) is 17.2 Å². The molecule has 1 fully saturated rings. The molecule has 15 heteroatoms. The van der Waals surface area contributed by atoms with Crippen molar-refractivity contribution in [1.82, 2.24) is 5.32 Å².